The maximum atomic E-state index is 7.11. The van der Waals surface area contributed by atoms with E-state index < -0.39 is 5.41 Å². The van der Waals surface area contributed by atoms with Crippen LogP contribution in [0.25, 0.3) is 64.4 Å². The number of hydrogen-bond donors (Lipinski definition) is 0. The second-order valence-corrected chi connectivity index (χ2v) is 19.7. The van der Waals surface area contributed by atoms with Gasteiger partial charge in [-0.15, -0.1) is 11.3 Å². The molecule has 0 amide bonds. The lowest BCUT2D eigenvalue weighted by Gasteiger charge is -2.39. The Hall–Kier alpha value is -6.85. The van der Waals surface area contributed by atoms with Crippen LogP contribution in [0.5, 0.6) is 0 Å². The fraction of sp³-hybridized carbons (Fsp3) is 0.0690. The van der Waals surface area contributed by atoms with Crippen LogP contribution in [0.15, 0.2) is 202 Å². The number of nitrogens with zero attached hydrogens (tertiary/aromatic N) is 1. The van der Waals surface area contributed by atoms with Gasteiger partial charge < -0.3 is 9.32 Å². The molecule has 0 fully saturated rings. The zero-order valence-electron chi connectivity index (χ0n) is 34.1. The zero-order chi connectivity index (χ0) is 40.9. The third kappa shape index (κ3) is 4.40. The molecule has 0 saturated heterocycles. The fourth-order valence-corrected chi connectivity index (χ4v) is 13.9. The lowest BCUT2D eigenvalue weighted by Crippen LogP contribution is -2.31. The summed E-state index contributed by atoms with van der Waals surface area (Å²) in [7, 11) is 0. The van der Waals surface area contributed by atoms with Crippen LogP contribution in [0, 0.1) is 0 Å². The van der Waals surface area contributed by atoms with Crippen LogP contribution >= 0.6 is 23.1 Å². The van der Waals surface area contributed by atoms with Gasteiger partial charge in [0.15, 0.2) is 0 Å². The molecule has 4 heteroatoms. The highest BCUT2D eigenvalue weighted by molar-refractivity contribution is 7.99. The van der Waals surface area contributed by atoms with E-state index in [4.69, 9.17) is 4.42 Å². The van der Waals surface area contributed by atoms with Gasteiger partial charge in [-0.05, 0) is 111 Å². The predicted molar refractivity (Wildman–Crippen MR) is 260 cm³/mol. The van der Waals surface area contributed by atoms with Crippen molar-refractivity contribution >= 4 is 82.3 Å². The van der Waals surface area contributed by atoms with Crippen LogP contribution < -0.4 is 4.90 Å². The first-order valence-corrected chi connectivity index (χ1v) is 23.0. The molecule has 62 heavy (non-hydrogen) atoms. The van der Waals surface area contributed by atoms with E-state index in [9.17, 15) is 0 Å². The molecular weight excluding hydrogens is 791 g/mol. The molecular formula is C58H37NOS2. The molecule has 3 heterocycles. The van der Waals surface area contributed by atoms with Gasteiger partial charge in [-0.3, -0.25) is 0 Å². The quantitative estimate of drug-likeness (QED) is 0.177. The van der Waals surface area contributed by atoms with Gasteiger partial charge >= 0.3 is 0 Å². The first kappa shape index (κ1) is 34.8. The van der Waals surface area contributed by atoms with Crippen molar-refractivity contribution in [2.24, 2.45) is 0 Å². The monoisotopic (exact) mass is 827 g/mol. The van der Waals surface area contributed by atoms with Gasteiger partial charge in [0.05, 0.1) is 22.2 Å². The molecule has 0 radical (unpaired) electrons. The van der Waals surface area contributed by atoms with Crippen LogP contribution in [0.3, 0.4) is 0 Å². The van der Waals surface area contributed by atoms with E-state index in [0.717, 1.165) is 33.3 Å². The van der Waals surface area contributed by atoms with E-state index in [1.807, 2.05) is 23.1 Å². The van der Waals surface area contributed by atoms with Gasteiger partial charge in [0, 0.05) is 52.0 Å². The molecule has 2 aliphatic carbocycles. The van der Waals surface area contributed by atoms with Gasteiger partial charge in [0.1, 0.15) is 11.2 Å². The van der Waals surface area contributed by atoms with E-state index in [1.165, 1.54) is 91.3 Å². The molecule has 0 atom stereocenters. The third-order valence-corrected chi connectivity index (χ3v) is 16.4. The molecule has 14 rings (SSSR count). The Morgan fingerprint density at radius 2 is 1.08 bits per heavy atom. The normalized spacial score (nSPS) is 14.8. The van der Waals surface area contributed by atoms with Gasteiger partial charge in [0.25, 0.3) is 0 Å². The summed E-state index contributed by atoms with van der Waals surface area (Å²) >= 11 is 3.74. The Morgan fingerprint density at radius 3 is 1.90 bits per heavy atom. The highest BCUT2D eigenvalue weighted by Gasteiger charge is 2.50. The first-order valence-electron chi connectivity index (χ1n) is 21.4. The molecule has 3 aliphatic rings. The molecule has 2 aromatic heterocycles. The molecule has 292 valence electrons. The van der Waals surface area contributed by atoms with E-state index in [0.29, 0.717) is 0 Å². The van der Waals surface area contributed by atoms with E-state index >= 15 is 0 Å². The maximum Gasteiger partial charge on any atom is 0.137 e. The topological polar surface area (TPSA) is 16.4 Å². The minimum Gasteiger partial charge on any atom is -0.456 e. The van der Waals surface area contributed by atoms with Crippen molar-refractivity contribution in [1.29, 1.82) is 0 Å². The second kappa shape index (κ2) is 12.4. The molecule has 1 aliphatic heterocycles. The zero-order valence-corrected chi connectivity index (χ0v) is 35.7. The number of thiophene rings is 1. The number of anilines is 3. The molecule has 11 aromatic rings. The number of furan rings is 1. The van der Waals surface area contributed by atoms with E-state index in [1.54, 1.807) is 0 Å². The average molecular weight is 828 g/mol. The second-order valence-electron chi connectivity index (χ2n) is 17.5. The number of benzene rings is 9. The SMILES string of the molecule is CC1(C)c2ccccc2-c2c(N(c3ccc4c(c3)sc3ccccc34)c3cccc4oc5cc6c(cc5c34)-c3ccccc3C63c4ccccc4Sc4ccccc43)cccc21. The third-order valence-electron chi connectivity index (χ3n) is 14.1. The fourth-order valence-electron chi connectivity index (χ4n) is 11.5. The Labute approximate surface area is 367 Å². The van der Waals surface area contributed by atoms with Crippen molar-refractivity contribution in [1.82, 2.24) is 0 Å². The Morgan fingerprint density at radius 1 is 0.435 bits per heavy atom. The lowest BCUT2D eigenvalue weighted by atomic mass is 9.67. The number of fused-ring (bicyclic) bond motifs is 18. The van der Waals surface area contributed by atoms with Crippen LogP contribution in [-0.4, -0.2) is 0 Å². The molecule has 1 spiro atoms. The average Bonchev–Trinajstić information content (AvgIpc) is 4.02. The van der Waals surface area contributed by atoms with Gasteiger partial charge in [-0.1, -0.05) is 153 Å². The molecule has 2 nitrogen and oxygen atoms in total. The van der Waals surface area contributed by atoms with Crippen LogP contribution in [0.4, 0.5) is 17.1 Å². The summed E-state index contributed by atoms with van der Waals surface area (Å²) < 4.78 is 9.69. The minimum atomic E-state index is -0.475. The van der Waals surface area contributed by atoms with Crippen molar-refractivity contribution in [2.75, 3.05) is 4.90 Å². The van der Waals surface area contributed by atoms with Gasteiger partial charge in [0.2, 0.25) is 0 Å². The van der Waals surface area contributed by atoms with Crippen molar-refractivity contribution in [2.45, 2.75) is 34.5 Å². The first-order chi connectivity index (χ1) is 30.5. The smallest absolute Gasteiger partial charge is 0.137 e. The summed E-state index contributed by atoms with van der Waals surface area (Å²) in [6.45, 7) is 4.73. The number of rotatable bonds is 3. The van der Waals surface area contributed by atoms with E-state index in [2.05, 4.69) is 207 Å². The largest absolute Gasteiger partial charge is 0.456 e. The van der Waals surface area contributed by atoms with Crippen molar-refractivity contribution in [3.05, 3.63) is 221 Å². The van der Waals surface area contributed by atoms with Crippen molar-refractivity contribution in [3.63, 3.8) is 0 Å². The molecule has 0 bridgehead atoms. The summed E-state index contributed by atoms with van der Waals surface area (Å²) in [5.74, 6) is 0. The Balaban J connectivity index is 1.07. The molecule has 0 N–H and O–H groups in total. The van der Waals surface area contributed by atoms with Crippen molar-refractivity contribution in [3.8, 4) is 22.3 Å². The van der Waals surface area contributed by atoms with Crippen LogP contribution in [-0.2, 0) is 10.8 Å². The maximum absolute atomic E-state index is 7.11. The summed E-state index contributed by atoms with van der Waals surface area (Å²) in [6, 6.07) is 70.2. The Bertz CT molecular complexity index is 3690. The Kier molecular flexibility index (Phi) is 6.95. The predicted octanol–water partition coefficient (Wildman–Crippen LogP) is 16.6. The number of hydrogen-bond acceptors (Lipinski definition) is 4. The van der Waals surface area contributed by atoms with Crippen LogP contribution in [0.2, 0.25) is 0 Å². The summed E-state index contributed by atoms with van der Waals surface area (Å²) in [4.78, 5) is 5.12. The lowest BCUT2D eigenvalue weighted by molar-refractivity contribution is 0.660. The van der Waals surface area contributed by atoms with Crippen molar-refractivity contribution < 1.29 is 4.42 Å². The van der Waals surface area contributed by atoms with E-state index in [-0.39, 0.29) is 5.41 Å². The highest BCUT2D eigenvalue weighted by atomic mass is 32.2. The summed E-state index contributed by atoms with van der Waals surface area (Å²) in [5.41, 5.74) is 17.6. The highest BCUT2D eigenvalue weighted by Crippen LogP contribution is 2.63. The molecule has 0 unspecified atom stereocenters. The van der Waals surface area contributed by atoms with Crippen LogP contribution in [0.1, 0.15) is 47.2 Å². The summed E-state index contributed by atoms with van der Waals surface area (Å²) in [5, 5.41) is 4.83. The molecule has 9 aromatic carbocycles. The summed E-state index contributed by atoms with van der Waals surface area (Å²) in [6.07, 6.45) is 0. The standard InChI is InChI=1S/C58H37NOS2/c1-57(2)41-18-6-4-17-38(41)55-45(57)22-13-23-47(55)59(34-29-30-37-36-16-5-10-26-51(36)61-54(37)31-34)48-24-14-25-49-56(48)40-32-39-35-15-3-7-19-42(35)58(46(39)33-50(40)60-49)43-20-8-11-27-52(43)62-53-28-12-9-21-44(53)58/h3-33H,1-2H3. The minimum absolute atomic E-state index is 0.143. The molecule has 0 saturated carbocycles. The van der Waals surface area contributed by atoms with Gasteiger partial charge in [-0.25, -0.2) is 0 Å². The van der Waals surface area contributed by atoms with Gasteiger partial charge in [-0.2, -0.15) is 0 Å².